The molecule has 0 fully saturated rings. The average Bonchev–Trinajstić information content (AvgIpc) is 2.73. The lowest BCUT2D eigenvalue weighted by Gasteiger charge is -2.07. The maximum atomic E-state index is 13.6. The monoisotopic (exact) mass is 287 g/mol. The van der Waals surface area contributed by atoms with Crippen molar-refractivity contribution in [3.63, 3.8) is 0 Å². The van der Waals surface area contributed by atoms with Crippen LogP contribution in [-0.4, -0.2) is 15.5 Å². The summed E-state index contributed by atoms with van der Waals surface area (Å²) in [6.07, 6.45) is 2.44. The summed E-state index contributed by atoms with van der Waals surface area (Å²) < 4.78 is 40.7. The van der Waals surface area contributed by atoms with Crippen LogP contribution < -0.4 is 5.73 Å². The fraction of sp³-hybridized carbons (Fsp3) is 0.250. The lowest BCUT2D eigenvalue weighted by Crippen LogP contribution is -2.06. The summed E-state index contributed by atoms with van der Waals surface area (Å²) in [5.41, 5.74) is 5.62. The number of thioether (sulfide) groups is 1. The molecule has 1 heterocycles. The lowest BCUT2D eigenvalue weighted by molar-refractivity contribution is 0.491. The Bertz CT molecular complexity index is 598. The second-order valence-electron chi connectivity index (χ2n) is 3.87. The number of nitrogen functional groups attached to an aromatic ring is 1. The van der Waals surface area contributed by atoms with Gasteiger partial charge in [-0.15, -0.1) is 11.8 Å². The Labute approximate surface area is 112 Å². The molecule has 0 saturated carbocycles. The van der Waals surface area contributed by atoms with Gasteiger partial charge in [0.15, 0.2) is 17.5 Å². The zero-order valence-electron chi connectivity index (χ0n) is 10.2. The molecule has 0 saturated heterocycles. The predicted molar refractivity (Wildman–Crippen MR) is 68.9 cm³/mol. The Kier molecular flexibility index (Phi) is 4.04. The summed E-state index contributed by atoms with van der Waals surface area (Å²) in [7, 11) is 0. The van der Waals surface area contributed by atoms with E-state index in [0.29, 0.717) is 11.0 Å². The molecular formula is C12H12F3N3S. The average molecular weight is 287 g/mol. The highest BCUT2D eigenvalue weighted by Crippen LogP contribution is 2.28. The molecule has 0 aliphatic carbocycles. The summed E-state index contributed by atoms with van der Waals surface area (Å²) in [5, 5.41) is 3.91. The summed E-state index contributed by atoms with van der Waals surface area (Å²) in [6, 6.07) is 1.22. The number of halogens is 3. The molecule has 0 unspecified atom stereocenters. The van der Waals surface area contributed by atoms with E-state index >= 15 is 0 Å². The Balaban J connectivity index is 2.42. The van der Waals surface area contributed by atoms with Crippen LogP contribution in [0.25, 0.3) is 5.69 Å². The molecule has 2 N–H and O–H groups in total. The summed E-state index contributed by atoms with van der Waals surface area (Å²) in [5.74, 6) is -2.25. The molecule has 3 nitrogen and oxygen atoms in total. The maximum absolute atomic E-state index is 13.6. The number of anilines is 1. The zero-order valence-corrected chi connectivity index (χ0v) is 11.0. The predicted octanol–water partition coefficient (Wildman–Crippen LogP) is 3.37. The van der Waals surface area contributed by atoms with Gasteiger partial charge in [0.05, 0.1) is 11.1 Å². The van der Waals surface area contributed by atoms with Gasteiger partial charge in [-0.3, -0.25) is 0 Å². The van der Waals surface area contributed by atoms with Crippen LogP contribution in [0.3, 0.4) is 0 Å². The van der Waals surface area contributed by atoms with Crippen molar-refractivity contribution in [1.82, 2.24) is 9.78 Å². The molecule has 0 atom stereocenters. The van der Waals surface area contributed by atoms with Gasteiger partial charge in [-0.2, -0.15) is 5.10 Å². The van der Waals surface area contributed by atoms with Crippen molar-refractivity contribution >= 4 is 17.6 Å². The first-order valence-corrected chi connectivity index (χ1v) is 6.64. The highest BCUT2D eigenvalue weighted by Gasteiger charge is 2.16. The zero-order chi connectivity index (χ0) is 14.0. The molecule has 19 heavy (non-hydrogen) atoms. The third kappa shape index (κ3) is 2.70. The van der Waals surface area contributed by atoms with Gasteiger partial charge in [-0.1, -0.05) is 6.92 Å². The van der Waals surface area contributed by atoms with E-state index < -0.39 is 17.5 Å². The lowest BCUT2D eigenvalue weighted by atomic mass is 10.3. The highest BCUT2D eigenvalue weighted by atomic mass is 32.2. The third-order valence-electron chi connectivity index (χ3n) is 2.45. The van der Waals surface area contributed by atoms with Crippen molar-refractivity contribution in [1.29, 1.82) is 0 Å². The van der Waals surface area contributed by atoms with E-state index in [-0.39, 0.29) is 11.5 Å². The number of hydrogen-bond donors (Lipinski definition) is 1. The molecule has 0 spiro atoms. The van der Waals surface area contributed by atoms with Gasteiger partial charge in [-0.05, 0) is 12.2 Å². The smallest absolute Gasteiger partial charge is 0.161 e. The first-order chi connectivity index (χ1) is 9.04. The maximum Gasteiger partial charge on any atom is 0.161 e. The Morgan fingerprint density at radius 2 is 1.89 bits per heavy atom. The van der Waals surface area contributed by atoms with Gasteiger partial charge in [0.1, 0.15) is 11.5 Å². The number of rotatable bonds is 4. The first-order valence-electron chi connectivity index (χ1n) is 5.65. The molecule has 1 aromatic heterocycles. The van der Waals surface area contributed by atoms with Crippen molar-refractivity contribution < 1.29 is 13.2 Å². The quantitative estimate of drug-likeness (QED) is 0.692. The molecule has 7 heteroatoms. The van der Waals surface area contributed by atoms with E-state index in [4.69, 9.17) is 5.73 Å². The minimum atomic E-state index is -1.24. The van der Waals surface area contributed by atoms with E-state index in [9.17, 15) is 13.2 Å². The number of aromatic nitrogens is 2. The molecule has 2 aromatic rings. The van der Waals surface area contributed by atoms with Crippen molar-refractivity contribution in [2.24, 2.45) is 0 Å². The van der Waals surface area contributed by atoms with Gasteiger partial charge in [0.25, 0.3) is 0 Å². The molecule has 102 valence electrons. The van der Waals surface area contributed by atoms with Gasteiger partial charge < -0.3 is 5.73 Å². The standard InChI is InChI=1S/C12H12F3N3S/c1-2-3-19-11-6-17-18(12(11)16)10-5-8(14)7(13)4-9(10)15/h4-6H,2-3,16H2,1H3. The minimum absolute atomic E-state index is 0.209. The van der Waals surface area contributed by atoms with Crippen LogP contribution in [0.1, 0.15) is 13.3 Å². The molecule has 1 aromatic carbocycles. The van der Waals surface area contributed by atoms with E-state index in [1.165, 1.54) is 18.0 Å². The summed E-state index contributed by atoms with van der Waals surface area (Å²) in [6.45, 7) is 2.02. The number of benzene rings is 1. The van der Waals surface area contributed by atoms with Crippen LogP contribution in [0, 0.1) is 17.5 Å². The largest absolute Gasteiger partial charge is 0.383 e. The van der Waals surface area contributed by atoms with Crippen molar-refractivity contribution in [3.05, 3.63) is 35.8 Å². The molecule has 0 amide bonds. The SMILES string of the molecule is CCCSc1cnn(-c2cc(F)c(F)cc2F)c1N. The molecule has 0 bridgehead atoms. The molecule has 2 rings (SSSR count). The van der Waals surface area contributed by atoms with Crippen LogP contribution in [-0.2, 0) is 0 Å². The normalized spacial score (nSPS) is 10.9. The fourth-order valence-electron chi connectivity index (χ4n) is 1.53. The Morgan fingerprint density at radius 3 is 2.58 bits per heavy atom. The van der Waals surface area contributed by atoms with Crippen LogP contribution in [0.4, 0.5) is 19.0 Å². The van der Waals surface area contributed by atoms with Crippen LogP contribution >= 0.6 is 11.8 Å². The number of nitrogens with two attached hydrogens (primary N) is 1. The van der Waals surface area contributed by atoms with E-state index in [2.05, 4.69) is 5.10 Å². The number of nitrogens with zero attached hydrogens (tertiary/aromatic N) is 2. The molecule has 0 radical (unpaired) electrons. The van der Waals surface area contributed by atoms with E-state index in [0.717, 1.165) is 22.9 Å². The second-order valence-corrected chi connectivity index (χ2v) is 5.01. The Hall–Kier alpha value is -1.63. The molecular weight excluding hydrogens is 275 g/mol. The van der Waals surface area contributed by atoms with Crippen LogP contribution in [0.2, 0.25) is 0 Å². The first kappa shape index (κ1) is 13.8. The van der Waals surface area contributed by atoms with Crippen molar-refractivity contribution in [2.45, 2.75) is 18.2 Å². The fourth-order valence-corrected chi connectivity index (χ4v) is 2.31. The van der Waals surface area contributed by atoms with Gasteiger partial charge >= 0.3 is 0 Å². The minimum Gasteiger partial charge on any atom is -0.383 e. The van der Waals surface area contributed by atoms with Crippen molar-refractivity contribution in [2.75, 3.05) is 11.5 Å². The molecule has 0 aliphatic heterocycles. The van der Waals surface area contributed by atoms with Crippen molar-refractivity contribution in [3.8, 4) is 5.69 Å². The van der Waals surface area contributed by atoms with Crippen LogP contribution in [0.15, 0.2) is 23.2 Å². The topological polar surface area (TPSA) is 43.8 Å². The summed E-state index contributed by atoms with van der Waals surface area (Å²) in [4.78, 5) is 0.686. The van der Waals surface area contributed by atoms with Crippen LogP contribution in [0.5, 0.6) is 0 Å². The number of hydrogen-bond acceptors (Lipinski definition) is 3. The summed E-state index contributed by atoms with van der Waals surface area (Å²) >= 11 is 1.48. The highest BCUT2D eigenvalue weighted by molar-refractivity contribution is 7.99. The second kappa shape index (κ2) is 5.56. The van der Waals surface area contributed by atoms with Gasteiger partial charge in [0, 0.05) is 12.1 Å². The van der Waals surface area contributed by atoms with Gasteiger partial charge in [0.2, 0.25) is 0 Å². The molecule has 0 aliphatic rings. The van der Waals surface area contributed by atoms with E-state index in [1.54, 1.807) is 0 Å². The third-order valence-corrected chi connectivity index (χ3v) is 3.69. The van der Waals surface area contributed by atoms with Gasteiger partial charge in [-0.25, -0.2) is 17.9 Å². The van der Waals surface area contributed by atoms with E-state index in [1.807, 2.05) is 6.92 Å². The Morgan fingerprint density at radius 1 is 1.21 bits per heavy atom.